The highest BCUT2D eigenvalue weighted by molar-refractivity contribution is 9.10. The maximum absolute atomic E-state index is 4.52. The number of hydrogen-bond acceptors (Lipinski definition) is 4. The summed E-state index contributed by atoms with van der Waals surface area (Å²) >= 11 is 3.58. The molecular formula is C16H20BrN5. The topological polar surface area (TPSA) is 37.2 Å². The lowest BCUT2D eigenvalue weighted by Gasteiger charge is -2.30. The van der Waals surface area contributed by atoms with Crippen LogP contribution in [-0.4, -0.2) is 34.9 Å². The molecule has 4 rings (SSSR count). The molecule has 1 saturated heterocycles. The summed E-state index contributed by atoms with van der Waals surface area (Å²) in [5.74, 6) is 1.93. The summed E-state index contributed by atoms with van der Waals surface area (Å²) in [7, 11) is 2.08. The first-order chi connectivity index (χ1) is 10.7. The van der Waals surface area contributed by atoms with Gasteiger partial charge in [-0.25, -0.2) is 4.57 Å². The van der Waals surface area contributed by atoms with Gasteiger partial charge in [0.25, 0.3) is 0 Å². The van der Waals surface area contributed by atoms with Crippen LogP contribution in [-0.2, 0) is 6.54 Å². The Balaban J connectivity index is 1.82. The minimum atomic E-state index is 0.868. The average Bonchev–Trinajstić information content (AvgIpc) is 2.77. The Bertz CT molecular complexity index is 688. The number of anilines is 2. The van der Waals surface area contributed by atoms with E-state index in [4.69, 9.17) is 0 Å². The predicted octanol–water partition coefficient (Wildman–Crippen LogP) is 3.36. The van der Waals surface area contributed by atoms with E-state index in [1.54, 1.807) is 0 Å². The van der Waals surface area contributed by atoms with Gasteiger partial charge in [-0.1, -0.05) is 28.8 Å². The van der Waals surface area contributed by atoms with Gasteiger partial charge in [0.15, 0.2) is 0 Å². The summed E-state index contributed by atoms with van der Waals surface area (Å²) in [4.78, 5) is 4.57. The minimum Gasteiger partial charge on any atom is -0.341 e. The molecule has 2 aliphatic rings. The van der Waals surface area contributed by atoms with E-state index in [0.717, 1.165) is 36.0 Å². The fourth-order valence-electron chi connectivity index (χ4n) is 3.43. The van der Waals surface area contributed by atoms with Crippen molar-refractivity contribution >= 4 is 27.8 Å². The molecule has 0 unspecified atom stereocenters. The molecule has 2 aromatic rings. The Hall–Kier alpha value is -1.56. The molecule has 1 aromatic heterocycles. The van der Waals surface area contributed by atoms with E-state index in [2.05, 4.69) is 65.7 Å². The van der Waals surface area contributed by atoms with Crippen molar-refractivity contribution in [2.75, 3.05) is 29.9 Å². The van der Waals surface area contributed by atoms with E-state index >= 15 is 0 Å². The molecule has 5 nitrogen and oxygen atoms in total. The number of benzene rings is 1. The van der Waals surface area contributed by atoms with Crippen LogP contribution in [0.4, 0.5) is 11.9 Å². The van der Waals surface area contributed by atoms with Crippen LogP contribution in [0.5, 0.6) is 0 Å². The van der Waals surface area contributed by atoms with E-state index in [-0.39, 0.29) is 0 Å². The second kappa shape index (κ2) is 5.57. The van der Waals surface area contributed by atoms with Crippen LogP contribution < -0.4 is 9.80 Å². The zero-order valence-corrected chi connectivity index (χ0v) is 14.4. The Morgan fingerprint density at radius 1 is 1.00 bits per heavy atom. The van der Waals surface area contributed by atoms with Gasteiger partial charge in [0.1, 0.15) is 0 Å². The third-order valence-electron chi connectivity index (χ3n) is 4.55. The Kier molecular flexibility index (Phi) is 3.56. The van der Waals surface area contributed by atoms with Crippen molar-refractivity contribution in [1.29, 1.82) is 0 Å². The standard InChI is InChI=1S/C16H20BrN5/c1-20-11-12-10-13(17)6-7-14(12)22-15(20)18-19-16(22)21-8-4-2-3-5-9-21/h6-7,10H,2-5,8-9,11H2,1H3. The normalized spacial score (nSPS) is 17.9. The minimum absolute atomic E-state index is 0.868. The molecule has 3 heterocycles. The molecule has 0 saturated carbocycles. The first-order valence-corrected chi connectivity index (χ1v) is 8.73. The zero-order chi connectivity index (χ0) is 15.1. The van der Waals surface area contributed by atoms with Gasteiger partial charge < -0.3 is 9.80 Å². The summed E-state index contributed by atoms with van der Waals surface area (Å²) in [6.07, 6.45) is 5.12. The van der Waals surface area contributed by atoms with Crippen molar-refractivity contribution in [3.8, 4) is 5.69 Å². The average molecular weight is 362 g/mol. The van der Waals surface area contributed by atoms with Crippen LogP contribution in [0, 0.1) is 0 Å². The third-order valence-corrected chi connectivity index (χ3v) is 5.04. The van der Waals surface area contributed by atoms with Crippen LogP contribution in [0.2, 0.25) is 0 Å². The highest BCUT2D eigenvalue weighted by Crippen LogP contribution is 2.34. The molecule has 22 heavy (non-hydrogen) atoms. The Morgan fingerprint density at radius 2 is 1.73 bits per heavy atom. The number of rotatable bonds is 1. The van der Waals surface area contributed by atoms with Gasteiger partial charge in [-0.05, 0) is 36.6 Å². The molecule has 0 atom stereocenters. The van der Waals surface area contributed by atoms with Crippen LogP contribution in [0.1, 0.15) is 31.2 Å². The maximum Gasteiger partial charge on any atom is 0.233 e. The highest BCUT2D eigenvalue weighted by Gasteiger charge is 2.27. The second-order valence-corrected chi connectivity index (χ2v) is 7.08. The van der Waals surface area contributed by atoms with Gasteiger partial charge in [-0.3, -0.25) is 0 Å². The summed E-state index contributed by atoms with van der Waals surface area (Å²) in [5, 5.41) is 8.97. The molecule has 116 valence electrons. The molecule has 0 bridgehead atoms. The smallest absolute Gasteiger partial charge is 0.233 e. The molecule has 1 aromatic carbocycles. The Morgan fingerprint density at radius 3 is 2.50 bits per heavy atom. The van der Waals surface area contributed by atoms with Crippen LogP contribution in [0.25, 0.3) is 5.69 Å². The number of fused-ring (bicyclic) bond motifs is 3. The quantitative estimate of drug-likeness (QED) is 0.780. The molecule has 0 radical (unpaired) electrons. The lowest BCUT2D eigenvalue weighted by molar-refractivity contribution is 0.726. The molecule has 1 fully saturated rings. The molecule has 0 spiro atoms. The van der Waals surface area contributed by atoms with Crippen LogP contribution in [0.3, 0.4) is 0 Å². The van der Waals surface area contributed by atoms with E-state index < -0.39 is 0 Å². The van der Waals surface area contributed by atoms with Crippen molar-refractivity contribution in [1.82, 2.24) is 14.8 Å². The van der Waals surface area contributed by atoms with Gasteiger partial charge in [0, 0.05) is 31.2 Å². The van der Waals surface area contributed by atoms with Crippen molar-refractivity contribution in [2.24, 2.45) is 0 Å². The number of nitrogens with zero attached hydrogens (tertiary/aromatic N) is 5. The van der Waals surface area contributed by atoms with Gasteiger partial charge in [0.2, 0.25) is 11.9 Å². The number of hydrogen-bond donors (Lipinski definition) is 0. The SMILES string of the molecule is CN1Cc2cc(Br)ccc2-n2c1nnc2N1CCCCCC1. The molecule has 0 amide bonds. The molecule has 6 heteroatoms. The first kappa shape index (κ1) is 14.1. The highest BCUT2D eigenvalue weighted by atomic mass is 79.9. The lowest BCUT2D eigenvalue weighted by atomic mass is 10.1. The van der Waals surface area contributed by atoms with E-state index in [0.29, 0.717) is 0 Å². The van der Waals surface area contributed by atoms with Gasteiger partial charge >= 0.3 is 0 Å². The van der Waals surface area contributed by atoms with E-state index in [1.165, 1.54) is 36.9 Å². The summed E-state index contributed by atoms with van der Waals surface area (Å²) in [5.41, 5.74) is 2.51. The molecule has 0 N–H and O–H groups in total. The fraction of sp³-hybridized carbons (Fsp3) is 0.500. The molecule has 2 aliphatic heterocycles. The maximum atomic E-state index is 4.52. The summed E-state index contributed by atoms with van der Waals surface area (Å²) < 4.78 is 3.34. The van der Waals surface area contributed by atoms with Gasteiger partial charge in [-0.15, -0.1) is 10.2 Å². The molecule has 0 aliphatic carbocycles. The Labute approximate surface area is 139 Å². The summed E-state index contributed by atoms with van der Waals surface area (Å²) in [6, 6.07) is 6.46. The monoisotopic (exact) mass is 361 g/mol. The van der Waals surface area contributed by atoms with E-state index in [9.17, 15) is 0 Å². The van der Waals surface area contributed by atoms with E-state index in [1.807, 2.05) is 0 Å². The first-order valence-electron chi connectivity index (χ1n) is 7.94. The fourth-order valence-corrected chi connectivity index (χ4v) is 3.84. The van der Waals surface area contributed by atoms with Gasteiger partial charge in [0.05, 0.1) is 5.69 Å². The number of halogens is 1. The van der Waals surface area contributed by atoms with Crippen molar-refractivity contribution in [3.63, 3.8) is 0 Å². The largest absolute Gasteiger partial charge is 0.341 e. The van der Waals surface area contributed by atoms with Crippen molar-refractivity contribution in [3.05, 3.63) is 28.2 Å². The lowest BCUT2D eigenvalue weighted by Crippen LogP contribution is -2.30. The van der Waals surface area contributed by atoms with Crippen LogP contribution >= 0.6 is 15.9 Å². The molecular weight excluding hydrogens is 342 g/mol. The predicted molar refractivity (Wildman–Crippen MR) is 91.8 cm³/mol. The third kappa shape index (κ3) is 2.29. The van der Waals surface area contributed by atoms with Crippen molar-refractivity contribution < 1.29 is 0 Å². The number of aromatic nitrogens is 3. The second-order valence-electron chi connectivity index (χ2n) is 6.17. The zero-order valence-electron chi connectivity index (χ0n) is 12.8. The summed E-state index contributed by atoms with van der Waals surface area (Å²) in [6.45, 7) is 3.02. The van der Waals surface area contributed by atoms with Gasteiger partial charge in [-0.2, -0.15) is 0 Å². The van der Waals surface area contributed by atoms with Crippen LogP contribution in [0.15, 0.2) is 22.7 Å². The van der Waals surface area contributed by atoms with Crippen molar-refractivity contribution in [2.45, 2.75) is 32.2 Å².